The van der Waals surface area contributed by atoms with Gasteiger partial charge in [-0.05, 0) is 20.3 Å². The summed E-state index contributed by atoms with van der Waals surface area (Å²) < 4.78 is 10.9. The van der Waals surface area contributed by atoms with Crippen LogP contribution in [-0.2, 0) is 14.3 Å². The van der Waals surface area contributed by atoms with Crippen LogP contribution in [0.15, 0.2) is 11.8 Å². The highest BCUT2D eigenvalue weighted by molar-refractivity contribution is 5.69. The van der Waals surface area contributed by atoms with Crippen molar-refractivity contribution < 1.29 is 29.6 Å². The summed E-state index contributed by atoms with van der Waals surface area (Å²) in [5.41, 5.74) is 0.578. The van der Waals surface area contributed by atoms with Crippen molar-refractivity contribution in [2.45, 2.75) is 52.2 Å². The normalized spacial score (nSPS) is 26.7. The number of allylic oxidation sites excluding steroid dienone is 1. The summed E-state index contributed by atoms with van der Waals surface area (Å²) in [6.07, 6.45) is 0.479. The summed E-state index contributed by atoms with van der Waals surface area (Å²) in [5, 5.41) is 29.5. The van der Waals surface area contributed by atoms with E-state index >= 15 is 0 Å². The quantitative estimate of drug-likeness (QED) is 0.426. The second-order valence-electron chi connectivity index (χ2n) is 5.36. The lowest BCUT2D eigenvalue weighted by molar-refractivity contribution is -0.196. The lowest BCUT2D eigenvalue weighted by Gasteiger charge is -2.42. The predicted molar refractivity (Wildman–Crippen MR) is 79.9 cm³/mol. The molecule has 128 valence electrons. The molecule has 1 aliphatic rings. The summed E-state index contributed by atoms with van der Waals surface area (Å²) >= 11 is 0. The second-order valence-corrected chi connectivity index (χ2v) is 5.36. The van der Waals surface area contributed by atoms with Gasteiger partial charge in [0.2, 0.25) is 0 Å². The zero-order valence-corrected chi connectivity index (χ0v) is 13.4. The van der Waals surface area contributed by atoms with Crippen LogP contribution in [0.5, 0.6) is 0 Å². The highest BCUT2D eigenvalue weighted by Crippen LogP contribution is 2.29. The third-order valence-electron chi connectivity index (χ3n) is 3.66. The Kier molecular flexibility index (Phi) is 7.81. The molecule has 0 fully saturated rings. The van der Waals surface area contributed by atoms with Gasteiger partial charge >= 0.3 is 5.97 Å². The first-order valence-corrected chi connectivity index (χ1v) is 7.68. The first-order chi connectivity index (χ1) is 10.4. The first kappa shape index (κ1) is 18.9. The average molecular weight is 317 g/mol. The molecular formula is C15H27NO6. The van der Waals surface area contributed by atoms with E-state index in [9.17, 15) is 15.0 Å². The van der Waals surface area contributed by atoms with Gasteiger partial charge in [0.05, 0.1) is 5.92 Å². The number of ether oxygens (including phenoxy) is 2. The molecule has 3 N–H and O–H groups in total. The zero-order valence-electron chi connectivity index (χ0n) is 13.4. The van der Waals surface area contributed by atoms with Gasteiger partial charge in [-0.2, -0.15) is 0 Å². The maximum Gasteiger partial charge on any atom is 0.323 e. The predicted octanol–water partition coefficient (Wildman–Crippen LogP) is 0.765. The third-order valence-corrected chi connectivity index (χ3v) is 3.66. The van der Waals surface area contributed by atoms with Crippen LogP contribution in [0.4, 0.5) is 0 Å². The number of aliphatic carboxylic acids is 1. The molecule has 0 radical (unpaired) electrons. The van der Waals surface area contributed by atoms with Crippen molar-refractivity contribution in [3.63, 3.8) is 0 Å². The lowest BCUT2D eigenvalue weighted by Crippen LogP contribution is -2.54. The number of carboxylic acid groups (broad SMARTS) is 1. The SMILES string of the molecule is CCCCOC1C(C(O)OCC)C=C(C)N(CC(=O)O)[C@@H]1O. The summed E-state index contributed by atoms with van der Waals surface area (Å²) in [4.78, 5) is 12.3. The number of rotatable bonds is 9. The largest absolute Gasteiger partial charge is 0.480 e. The molecule has 7 nitrogen and oxygen atoms in total. The monoisotopic (exact) mass is 317 g/mol. The number of carboxylic acids is 1. The molecule has 7 heteroatoms. The van der Waals surface area contributed by atoms with Gasteiger partial charge in [0, 0.05) is 18.9 Å². The van der Waals surface area contributed by atoms with E-state index in [0.29, 0.717) is 18.9 Å². The summed E-state index contributed by atoms with van der Waals surface area (Å²) in [6, 6.07) is 0. The molecule has 0 amide bonds. The van der Waals surface area contributed by atoms with Crippen molar-refractivity contribution in [1.29, 1.82) is 0 Å². The zero-order chi connectivity index (χ0) is 16.7. The van der Waals surface area contributed by atoms with Gasteiger partial charge in [-0.15, -0.1) is 0 Å². The van der Waals surface area contributed by atoms with Crippen molar-refractivity contribution in [2.24, 2.45) is 5.92 Å². The van der Waals surface area contributed by atoms with Gasteiger partial charge < -0.3 is 29.7 Å². The molecule has 3 unspecified atom stereocenters. The smallest absolute Gasteiger partial charge is 0.323 e. The molecule has 0 spiro atoms. The van der Waals surface area contributed by atoms with Crippen LogP contribution in [0.2, 0.25) is 0 Å². The molecular weight excluding hydrogens is 290 g/mol. The van der Waals surface area contributed by atoms with E-state index in [0.717, 1.165) is 12.8 Å². The molecule has 0 aromatic carbocycles. The Morgan fingerprint density at radius 1 is 1.45 bits per heavy atom. The van der Waals surface area contributed by atoms with Crippen molar-refractivity contribution >= 4 is 5.97 Å². The minimum absolute atomic E-state index is 0.325. The Morgan fingerprint density at radius 2 is 2.14 bits per heavy atom. The Morgan fingerprint density at radius 3 is 2.68 bits per heavy atom. The summed E-state index contributed by atoms with van der Waals surface area (Å²) in [7, 11) is 0. The lowest BCUT2D eigenvalue weighted by atomic mass is 9.93. The number of unbranched alkanes of at least 4 members (excludes halogenated alkanes) is 1. The van der Waals surface area contributed by atoms with E-state index < -0.39 is 30.5 Å². The van der Waals surface area contributed by atoms with Gasteiger partial charge in [0.15, 0.2) is 12.5 Å². The van der Waals surface area contributed by atoms with Gasteiger partial charge in [-0.1, -0.05) is 19.4 Å². The molecule has 22 heavy (non-hydrogen) atoms. The maximum atomic E-state index is 10.9. The van der Waals surface area contributed by atoms with Gasteiger partial charge in [-0.25, -0.2) is 0 Å². The van der Waals surface area contributed by atoms with Gasteiger partial charge in [-0.3, -0.25) is 4.79 Å². The van der Waals surface area contributed by atoms with Gasteiger partial charge in [0.25, 0.3) is 0 Å². The highest BCUT2D eigenvalue weighted by atomic mass is 16.6. The number of nitrogens with zero attached hydrogens (tertiary/aromatic N) is 1. The molecule has 0 aromatic heterocycles. The Bertz CT molecular complexity index is 386. The molecule has 0 aromatic rings. The third kappa shape index (κ3) is 4.95. The van der Waals surface area contributed by atoms with E-state index in [1.807, 2.05) is 6.92 Å². The van der Waals surface area contributed by atoms with Crippen LogP contribution in [0.3, 0.4) is 0 Å². The Labute approximate surface area is 131 Å². The molecule has 1 heterocycles. The number of aliphatic hydroxyl groups excluding tert-OH is 2. The summed E-state index contributed by atoms with van der Waals surface area (Å²) in [5.74, 6) is -1.58. The van der Waals surface area contributed by atoms with Crippen LogP contribution in [-0.4, -0.2) is 64.6 Å². The molecule has 4 atom stereocenters. The standard InChI is InChI=1S/C15H27NO6/c1-4-6-7-22-13-11(15(20)21-5-2)8-10(3)16(14(13)19)9-12(17)18/h8,11,13-15,19-20H,4-7,9H2,1-3H3,(H,17,18)/t11?,13?,14-,15?/m1/s1. The van der Waals surface area contributed by atoms with Crippen LogP contribution < -0.4 is 0 Å². The summed E-state index contributed by atoms with van der Waals surface area (Å²) in [6.45, 7) is 5.92. The molecule has 1 rings (SSSR count). The number of aliphatic hydroxyl groups is 2. The van der Waals surface area contributed by atoms with E-state index in [2.05, 4.69) is 0 Å². The van der Waals surface area contributed by atoms with Gasteiger partial charge in [0.1, 0.15) is 12.6 Å². The molecule has 0 aliphatic carbocycles. The van der Waals surface area contributed by atoms with Crippen molar-refractivity contribution in [1.82, 2.24) is 4.90 Å². The number of hydrogen-bond donors (Lipinski definition) is 3. The fourth-order valence-corrected chi connectivity index (χ4v) is 2.51. The minimum atomic E-state index is -1.14. The fourth-order valence-electron chi connectivity index (χ4n) is 2.51. The molecule has 0 saturated heterocycles. The van der Waals surface area contributed by atoms with Crippen LogP contribution in [0, 0.1) is 5.92 Å². The Balaban J connectivity index is 2.94. The maximum absolute atomic E-state index is 10.9. The molecule has 0 saturated carbocycles. The van der Waals surface area contributed by atoms with E-state index in [1.54, 1.807) is 19.9 Å². The van der Waals surface area contributed by atoms with E-state index in [-0.39, 0.29) is 6.54 Å². The molecule has 1 aliphatic heterocycles. The van der Waals surface area contributed by atoms with Crippen molar-refractivity contribution in [3.05, 3.63) is 11.8 Å². The van der Waals surface area contributed by atoms with Crippen LogP contribution in [0.1, 0.15) is 33.6 Å². The van der Waals surface area contributed by atoms with E-state index in [1.165, 1.54) is 4.90 Å². The number of hydrogen-bond acceptors (Lipinski definition) is 6. The van der Waals surface area contributed by atoms with Crippen molar-refractivity contribution in [2.75, 3.05) is 19.8 Å². The average Bonchev–Trinajstić information content (AvgIpc) is 2.45. The fraction of sp³-hybridized carbons (Fsp3) is 0.800. The second kappa shape index (κ2) is 9.09. The number of carbonyl (C=O) groups is 1. The van der Waals surface area contributed by atoms with Crippen LogP contribution in [0.25, 0.3) is 0 Å². The first-order valence-electron chi connectivity index (χ1n) is 7.68. The van der Waals surface area contributed by atoms with E-state index in [4.69, 9.17) is 14.6 Å². The minimum Gasteiger partial charge on any atom is -0.480 e. The molecule has 0 bridgehead atoms. The van der Waals surface area contributed by atoms with Crippen molar-refractivity contribution in [3.8, 4) is 0 Å². The Hall–Kier alpha value is -1.15. The highest BCUT2D eigenvalue weighted by Gasteiger charge is 2.41. The topological polar surface area (TPSA) is 99.5 Å². The van der Waals surface area contributed by atoms with Crippen LogP contribution >= 0.6 is 0 Å².